The van der Waals surface area contributed by atoms with E-state index in [2.05, 4.69) is 0 Å². The van der Waals surface area contributed by atoms with Crippen LogP contribution in [0.4, 0.5) is 13.2 Å². The fourth-order valence-corrected chi connectivity index (χ4v) is 3.11. The molecule has 0 saturated heterocycles. The quantitative estimate of drug-likeness (QED) is 0.609. The smallest absolute Gasteiger partial charge is 0.422 e. The number of ketones is 2. The van der Waals surface area contributed by atoms with Gasteiger partial charge in [-0.05, 0) is 42.7 Å². The summed E-state index contributed by atoms with van der Waals surface area (Å²) in [7, 11) is 0. The zero-order chi connectivity index (χ0) is 18.1. The number of rotatable bonds is 5. The monoisotopic (exact) mass is 342 g/mol. The van der Waals surface area contributed by atoms with Crippen molar-refractivity contribution in [2.45, 2.75) is 38.8 Å². The molecule has 0 spiro atoms. The third-order valence-electron chi connectivity index (χ3n) is 4.10. The minimum atomic E-state index is -4.44. The van der Waals surface area contributed by atoms with Gasteiger partial charge in [-0.25, -0.2) is 0 Å². The molecule has 1 aliphatic rings. The van der Waals surface area contributed by atoms with Crippen molar-refractivity contribution in [1.29, 1.82) is 0 Å². The van der Waals surface area contributed by atoms with E-state index < -0.39 is 24.6 Å². The number of aryl methyl sites for hydroxylation is 2. The summed E-state index contributed by atoms with van der Waals surface area (Å²) in [4.78, 5) is 35.2. The highest BCUT2D eigenvalue weighted by molar-refractivity contribution is 6.15. The summed E-state index contributed by atoms with van der Waals surface area (Å²) < 4.78 is 41.4. The van der Waals surface area contributed by atoms with Crippen LogP contribution in [0.1, 0.15) is 35.4 Å². The van der Waals surface area contributed by atoms with Crippen LogP contribution in [0, 0.1) is 19.8 Å². The van der Waals surface area contributed by atoms with Crippen LogP contribution in [-0.2, 0) is 14.4 Å². The highest BCUT2D eigenvalue weighted by atomic mass is 19.4. The third-order valence-corrected chi connectivity index (χ3v) is 4.10. The molecule has 24 heavy (non-hydrogen) atoms. The molecule has 0 radical (unpaired) electrons. The lowest BCUT2D eigenvalue weighted by Crippen LogP contribution is -2.20. The van der Waals surface area contributed by atoms with Crippen molar-refractivity contribution in [3.63, 3.8) is 0 Å². The summed E-state index contributed by atoms with van der Waals surface area (Å²) in [5.41, 5.74) is 1.54. The van der Waals surface area contributed by atoms with Crippen molar-refractivity contribution in [2.75, 3.05) is 6.61 Å². The third kappa shape index (κ3) is 3.83. The molecule has 2 rings (SSSR count). The summed E-state index contributed by atoms with van der Waals surface area (Å²) in [5.74, 6) is -2.09. The first kappa shape index (κ1) is 18.2. The molecule has 2 atom stereocenters. The van der Waals surface area contributed by atoms with Gasteiger partial charge < -0.3 is 9.53 Å². The molecule has 1 aliphatic carbocycles. The number of hydrogen-bond donors (Lipinski definition) is 0. The number of ether oxygens (including phenoxy) is 1. The van der Waals surface area contributed by atoms with Gasteiger partial charge in [-0.15, -0.1) is 0 Å². The lowest BCUT2D eigenvalue weighted by atomic mass is 9.87. The van der Waals surface area contributed by atoms with Crippen LogP contribution in [0.3, 0.4) is 0 Å². The minimum absolute atomic E-state index is 0.00590. The molecule has 4 nitrogen and oxygen atoms in total. The van der Waals surface area contributed by atoms with E-state index in [0.29, 0.717) is 23.0 Å². The van der Waals surface area contributed by atoms with Gasteiger partial charge >= 0.3 is 6.18 Å². The maximum absolute atomic E-state index is 12.4. The molecule has 0 aliphatic heterocycles. The number of benzene rings is 1. The first-order valence-corrected chi connectivity index (χ1v) is 7.44. The molecule has 0 aromatic heterocycles. The Bertz CT molecular complexity index is 656. The van der Waals surface area contributed by atoms with E-state index in [1.54, 1.807) is 13.8 Å². The van der Waals surface area contributed by atoms with Crippen LogP contribution in [0.2, 0.25) is 0 Å². The van der Waals surface area contributed by atoms with Crippen molar-refractivity contribution >= 4 is 17.9 Å². The second-order valence-corrected chi connectivity index (χ2v) is 5.98. The van der Waals surface area contributed by atoms with Crippen molar-refractivity contribution < 1.29 is 32.3 Å². The number of halogens is 3. The van der Waals surface area contributed by atoms with Gasteiger partial charge in [-0.3, -0.25) is 9.59 Å². The normalized spacial score (nSPS) is 21.2. The highest BCUT2D eigenvalue weighted by Crippen LogP contribution is 2.38. The Balaban J connectivity index is 2.30. The zero-order valence-electron chi connectivity index (χ0n) is 13.3. The lowest BCUT2D eigenvalue weighted by Gasteiger charge is -2.17. The summed E-state index contributed by atoms with van der Waals surface area (Å²) in [6, 6.07) is 2.78. The van der Waals surface area contributed by atoms with E-state index in [0.717, 1.165) is 0 Å². The van der Waals surface area contributed by atoms with Crippen LogP contribution in [0.5, 0.6) is 5.75 Å². The molecular formula is C17H17F3O4. The predicted octanol–water partition coefficient (Wildman–Crippen LogP) is 3.08. The number of alkyl halides is 3. The second kappa shape index (κ2) is 6.75. The SMILES string of the molecule is Cc1cc(OCC(F)(F)F)cc(C)c1C1C(=O)CC(CC=O)C1=O. The van der Waals surface area contributed by atoms with Crippen LogP contribution >= 0.6 is 0 Å². The van der Waals surface area contributed by atoms with Crippen LogP contribution in [0.15, 0.2) is 12.1 Å². The Morgan fingerprint density at radius 2 is 1.79 bits per heavy atom. The van der Waals surface area contributed by atoms with Gasteiger partial charge in [-0.2, -0.15) is 13.2 Å². The topological polar surface area (TPSA) is 60.4 Å². The predicted molar refractivity (Wildman–Crippen MR) is 79.0 cm³/mol. The standard InChI is InChI=1S/C17H17F3O4/c1-9-5-12(24-8-17(18,19)20)6-10(2)14(9)15-13(22)7-11(3-4-21)16(15)23/h4-6,11,15H,3,7-8H2,1-2H3. The average molecular weight is 342 g/mol. The van der Waals surface area contributed by atoms with Crippen molar-refractivity contribution in [3.05, 3.63) is 28.8 Å². The molecule has 1 aromatic carbocycles. The van der Waals surface area contributed by atoms with E-state index in [-0.39, 0.29) is 30.2 Å². The average Bonchev–Trinajstić information content (AvgIpc) is 2.72. The highest BCUT2D eigenvalue weighted by Gasteiger charge is 2.42. The molecular weight excluding hydrogens is 325 g/mol. The molecule has 0 amide bonds. The Labute approximate surface area is 137 Å². The lowest BCUT2D eigenvalue weighted by molar-refractivity contribution is -0.153. The Hall–Kier alpha value is -2.18. The fourth-order valence-electron chi connectivity index (χ4n) is 3.11. The maximum Gasteiger partial charge on any atom is 0.422 e. The van der Waals surface area contributed by atoms with Gasteiger partial charge in [0.05, 0.1) is 0 Å². The second-order valence-electron chi connectivity index (χ2n) is 5.98. The van der Waals surface area contributed by atoms with E-state index in [1.807, 2.05) is 0 Å². The first-order valence-electron chi connectivity index (χ1n) is 7.44. The van der Waals surface area contributed by atoms with E-state index >= 15 is 0 Å². The summed E-state index contributed by atoms with van der Waals surface area (Å²) in [6.45, 7) is 1.83. The summed E-state index contributed by atoms with van der Waals surface area (Å²) in [5, 5.41) is 0. The van der Waals surface area contributed by atoms with Crippen molar-refractivity contribution in [2.24, 2.45) is 5.92 Å². The van der Waals surface area contributed by atoms with Crippen LogP contribution in [-0.4, -0.2) is 30.6 Å². The largest absolute Gasteiger partial charge is 0.484 e. The Kier molecular flexibility index (Phi) is 5.11. The molecule has 0 heterocycles. The number of hydrogen-bond acceptors (Lipinski definition) is 4. The molecule has 2 unspecified atom stereocenters. The van der Waals surface area contributed by atoms with Gasteiger partial charge in [0.25, 0.3) is 0 Å². The van der Waals surface area contributed by atoms with Gasteiger partial charge in [0, 0.05) is 18.8 Å². The minimum Gasteiger partial charge on any atom is -0.484 e. The number of carbonyl (C=O) groups excluding carboxylic acids is 3. The molecule has 0 bridgehead atoms. The molecule has 0 N–H and O–H groups in total. The molecule has 1 aromatic rings. The van der Waals surface area contributed by atoms with E-state index in [4.69, 9.17) is 4.74 Å². The molecule has 1 saturated carbocycles. The zero-order valence-corrected chi connectivity index (χ0v) is 13.3. The number of Topliss-reactive ketones (excluding diaryl/α,β-unsaturated/α-hetero) is 2. The van der Waals surface area contributed by atoms with E-state index in [9.17, 15) is 27.6 Å². The molecule has 1 fully saturated rings. The summed E-state index contributed by atoms with van der Waals surface area (Å²) >= 11 is 0. The van der Waals surface area contributed by atoms with E-state index in [1.165, 1.54) is 12.1 Å². The first-order chi connectivity index (χ1) is 11.1. The Morgan fingerprint density at radius 3 is 2.29 bits per heavy atom. The van der Waals surface area contributed by atoms with Crippen molar-refractivity contribution in [3.8, 4) is 5.75 Å². The number of aldehydes is 1. The maximum atomic E-state index is 12.4. The fraction of sp³-hybridized carbons (Fsp3) is 0.471. The molecule has 7 heteroatoms. The summed E-state index contributed by atoms with van der Waals surface area (Å²) in [6.07, 6.45) is -3.80. The molecule has 130 valence electrons. The van der Waals surface area contributed by atoms with Crippen molar-refractivity contribution in [1.82, 2.24) is 0 Å². The van der Waals surface area contributed by atoms with Gasteiger partial charge in [-0.1, -0.05) is 0 Å². The Morgan fingerprint density at radius 1 is 1.21 bits per heavy atom. The van der Waals surface area contributed by atoms with Crippen LogP contribution < -0.4 is 4.74 Å². The van der Waals surface area contributed by atoms with Gasteiger partial charge in [0.1, 0.15) is 23.7 Å². The van der Waals surface area contributed by atoms with Gasteiger partial charge in [0.2, 0.25) is 0 Å². The van der Waals surface area contributed by atoms with Gasteiger partial charge in [0.15, 0.2) is 12.4 Å². The number of carbonyl (C=O) groups is 3. The van der Waals surface area contributed by atoms with Crippen LogP contribution in [0.25, 0.3) is 0 Å².